The van der Waals surface area contributed by atoms with Gasteiger partial charge in [0.2, 0.25) is 0 Å². The van der Waals surface area contributed by atoms with Crippen LogP contribution >= 0.6 is 0 Å². The fourth-order valence-corrected chi connectivity index (χ4v) is 2.69. The molecule has 0 fully saturated rings. The van der Waals surface area contributed by atoms with Gasteiger partial charge in [-0.25, -0.2) is 0 Å². The number of nitriles is 1. The van der Waals surface area contributed by atoms with Crippen LogP contribution in [0.5, 0.6) is 0 Å². The van der Waals surface area contributed by atoms with Gasteiger partial charge in [0, 0.05) is 17.1 Å². The van der Waals surface area contributed by atoms with Gasteiger partial charge in [0.05, 0.1) is 30.5 Å². The third kappa shape index (κ3) is 3.34. The summed E-state index contributed by atoms with van der Waals surface area (Å²) in [4.78, 5) is 0. The Kier molecular flexibility index (Phi) is 3.60. The molecule has 19 heavy (non-hydrogen) atoms. The second-order valence-corrected chi connectivity index (χ2v) is 6.07. The monoisotopic (exact) mass is 278 g/mol. The van der Waals surface area contributed by atoms with Gasteiger partial charge in [-0.3, -0.25) is 4.18 Å². The first-order valence-electron chi connectivity index (χ1n) is 5.76. The number of hydrogen-bond donors (Lipinski definition) is 0. The molecule has 6 heteroatoms. The molecular weight excluding hydrogens is 264 g/mol. The van der Waals surface area contributed by atoms with Gasteiger partial charge >= 0.3 is 0 Å². The van der Waals surface area contributed by atoms with Gasteiger partial charge in [0.15, 0.2) is 0 Å². The van der Waals surface area contributed by atoms with Crippen LogP contribution in [0.1, 0.15) is 12.5 Å². The minimum Gasteiger partial charge on any atom is -0.345 e. The van der Waals surface area contributed by atoms with Crippen molar-refractivity contribution in [2.45, 2.75) is 19.6 Å². The van der Waals surface area contributed by atoms with Gasteiger partial charge in [0.25, 0.3) is 10.1 Å². The van der Waals surface area contributed by atoms with Gasteiger partial charge in [-0.1, -0.05) is 0 Å². The van der Waals surface area contributed by atoms with Gasteiger partial charge in [0.1, 0.15) is 0 Å². The van der Waals surface area contributed by atoms with E-state index in [2.05, 4.69) is 6.07 Å². The lowest BCUT2D eigenvalue weighted by Crippen LogP contribution is -2.19. The SMILES string of the molecule is C[C@@H](Cn1ccc2cc(C#N)ccc21)OS(C)(=O)=O. The number of nitrogens with zero attached hydrogens (tertiary/aromatic N) is 2. The smallest absolute Gasteiger partial charge is 0.264 e. The van der Waals surface area contributed by atoms with Crippen LogP contribution in [-0.2, 0) is 20.8 Å². The van der Waals surface area contributed by atoms with Gasteiger partial charge in [-0.2, -0.15) is 13.7 Å². The van der Waals surface area contributed by atoms with Crippen LogP contribution in [-0.4, -0.2) is 25.3 Å². The third-order valence-electron chi connectivity index (χ3n) is 2.69. The predicted molar refractivity (Wildman–Crippen MR) is 72.0 cm³/mol. The van der Waals surface area contributed by atoms with Crippen molar-refractivity contribution in [1.82, 2.24) is 4.57 Å². The molecule has 0 bridgehead atoms. The average Bonchev–Trinajstić information content (AvgIpc) is 2.69. The minimum absolute atomic E-state index is 0.433. The van der Waals surface area contributed by atoms with E-state index in [0.717, 1.165) is 17.2 Å². The summed E-state index contributed by atoms with van der Waals surface area (Å²) in [5.74, 6) is 0. The van der Waals surface area contributed by atoms with Crippen LogP contribution in [0.2, 0.25) is 0 Å². The zero-order valence-electron chi connectivity index (χ0n) is 10.7. The highest BCUT2D eigenvalue weighted by atomic mass is 32.2. The Morgan fingerprint density at radius 2 is 2.16 bits per heavy atom. The summed E-state index contributed by atoms with van der Waals surface area (Å²) in [7, 11) is -3.45. The predicted octanol–water partition coefficient (Wildman–Crippen LogP) is 1.88. The fraction of sp³-hybridized carbons (Fsp3) is 0.308. The largest absolute Gasteiger partial charge is 0.345 e. The quantitative estimate of drug-likeness (QED) is 0.800. The van der Waals surface area contributed by atoms with Crippen molar-refractivity contribution in [3.63, 3.8) is 0 Å². The van der Waals surface area contributed by atoms with Gasteiger partial charge in [-0.15, -0.1) is 0 Å². The Morgan fingerprint density at radius 3 is 2.79 bits per heavy atom. The molecule has 1 aromatic heterocycles. The molecule has 0 aliphatic rings. The summed E-state index contributed by atoms with van der Waals surface area (Å²) in [6.45, 7) is 2.14. The van der Waals surface area contributed by atoms with Crippen LogP contribution in [0.4, 0.5) is 0 Å². The molecule has 0 saturated heterocycles. The Morgan fingerprint density at radius 1 is 1.42 bits per heavy atom. The second-order valence-electron chi connectivity index (χ2n) is 4.46. The van der Waals surface area contributed by atoms with Crippen molar-refractivity contribution in [2.75, 3.05) is 6.26 Å². The summed E-state index contributed by atoms with van der Waals surface area (Å²) < 4.78 is 28.9. The zero-order valence-corrected chi connectivity index (χ0v) is 11.5. The Bertz CT molecular complexity index is 741. The Labute approximate surface area is 112 Å². The maximum absolute atomic E-state index is 11.0. The molecule has 0 unspecified atom stereocenters. The van der Waals surface area contributed by atoms with Crippen molar-refractivity contribution >= 4 is 21.0 Å². The minimum atomic E-state index is -3.45. The lowest BCUT2D eigenvalue weighted by Gasteiger charge is -2.13. The number of benzene rings is 1. The van der Waals surface area contributed by atoms with Crippen molar-refractivity contribution in [1.29, 1.82) is 5.26 Å². The molecule has 0 saturated carbocycles. The van der Waals surface area contributed by atoms with Crippen molar-refractivity contribution < 1.29 is 12.6 Å². The van der Waals surface area contributed by atoms with E-state index in [1.165, 1.54) is 0 Å². The number of hydrogen-bond acceptors (Lipinski definition) is 4. The van der Waals surface area contributed by atoms with E-state index < -0.39 is 16.2 Å². The van der Waals surface area contributed by atoms with E-state index in [1.54, 1.807) is 19.1 Å². The highest BCUT2D eigenvalue weighted by Gasteiger charge is 2.12. The van der Waals surface area contributed by atoms with Crippen LogP contribution in [0.25, 0.3) is 10.9 Å². The average molecular weight is 278 g/mol. The second kappa shape index (κ2) is 5.03. The lowest BCUT2D eigenvalue weighted by atomic mass is 10.2. The van der Waals surface area contributed by atoms with Crippen molar-refractivity contribution in [2.24, 2.45) is 0 Å². The Balaban J connectivity index is 2.25. The first kappa shape index (κ1) is 13.6. The molecule has 0 N–H and O–H groups in total. The maximum Gasteiger partial charge on any atom is 0.264 e. The molecule has 0 aliphatic carbocycles. The molecule has 1 aromatic carbocycles. The number of rotatable bonds is 4. The molecule has 0 aliphatic heterocycles. The van der Waals surface area contributed by atoms with Crippen LogP contribution in [0.3, 0.4) is 0 Å². The summed E-state index contributed by atoms with van der Waals surface area (Å²) in [6, 6.07) is 9.36. The van der Waals surface area contributed by atoms with Crippen LogP contribution < -0.4 is 0 Å². The van der Waals surface area contributed by atoms with E-state index in [1.807, 2.05) is 22.9 Å². The van der Waals surface area contributed by atoms with Gasteiger partial charge in [-0.05, 0) is 31.2 Å². The molecular formula is C13H14N2O3S. The van der Waals surface area contributed by atoms with E-state index >= 15 is 0 Å². The first-order chi connectivity index (χ1) is 8.89. The molecule has 1 heterocycles. The van der Waals surface area contributed by atoms with E-state index in [4.69, 9.17) is 9.44 Å². The summed E-state index contributed by atoms with van der Waals surface area (Å²) in [6.07, 6.45) is 2.45. The fourth-order valence-electron chi connectivity index (χ4n) is 2.03. The molecule has 2 rings (SSSR count). The number of fused-ring (bicyclic) bond motifs is 1. The molecule has 5 nitrogen and oxygen atoms in total. The summed E-state index contributed by atoms with van der Waals surface area (Å²) in [5.41, 5.74) is 1.55. The molecule has 0 radical (unpaired) electrons. The maximum atomic E-state index is 11.0. The van der Waals surface area contributed by atoms with Crippen molar-refractivity contribution in [3.05, 3.63) is 36.0 Å². The van der Waals surface area contributed by atoms with Crippen LogP contribution in [0, 0.1) is 11.3 Å². The highest BCUT2D eigenvalue weighted by molar-refractivity contribution is 7.86. The van der Waals surface area contributed by atoms with E-state index in [0.29, 0.717) is 12.1 Å². The summed E-state index contributed by atoms with van der Waals surface area (Å²) in [5, 5.41) is 9.78. The topological polar surface area (TPSA) is 72.1 Å². The normalized spacial score (nSPS) is 13.3. The van der Waals surface area contributed by atoms with E-state index in [-0.39, 0.29) is 0 Å². The number of aromatic nitrogens is 1. The first-order valence-corrected chi connectivity index (χ1v) is 7.58. The highest BCUT2D eigenvalue weighted by Crippen LogP contribution is 2.18. The third-order valence-corrected chi connectivity index (χ3v) is 3.37. The Hall–Kier alpha value is -1.84. The standard InChI is InChI=1S/C13H14N2O3S/c1-10(18-19(2,16)17)9-15-6-5-12-7-11(8-14)3-4-13(12)15/h3-7,10H,9H2,1-2H3/t10-/m0/s1. The van der Waals surface area contributed by atoms with E-state index in [9.17, 15) is 8.42 Å². The summed E-state index contributed by atoms with van der Waals surface area (Å²) >= 11 is 0. The molecule has 100 valence electrons. The lowest BCUT2D eigenvalue weighted by molar-refractivity contribution is 0.211. The van der Waals surface area contributed by atoms with Gasteiger partial charge < -0.3 is 4.57 Å². The van der Waals surface area contributed by atoms with Crippen molar-refractivity contribution in [3.8, 4) is 6.07 Å². The molecule has 0 amide bonds. The molecule has 2 aromatic rings. The zero-order chi connectivity index (χ0) is 14.0. The molecule has 1 atom stereocenters. The van der Waals surface area contributed by atoms with Crippen LogP contribution in [0.15, 0.2) is 30.5 Å². The molecule has 0 spiro atoms.